The van der Waals surface area contributed by atoms with E-state index >= 15 is 0 Å². The van der Waals surface area contributed by atoms with Crippen molar-refractivity contribution in [3.8, 4) is 0 Å². The Morgan fingerprint density at radius 1 is 1.53 bits per heavy atom. The zero-order valence-electron chi connectivity index (χ0n) is 11.4. The van der Waals surface area contributed by atoms with Crippen molar-refractivity contribution in [1.82, 2.24) is 14.7 Å². The van der Waals surface area contributed by atoms with Gasteiger partial charge in [-0.1, -0.05) is 13.8 Å². The second kappa shape index (κ2) is 4.42. The molecule has 0 saturated carbocycles. The molecule has 4 nitrogen and oxygen atoms in total. The van der Waals surface area contributed by atoms with Crippen molar-refractivity contribution in [2.75, 3.05) is 20.6 Å². The average Bonchev–Trinajstić information content (AvgIpc) is 2.56. The predicted molar refractivity (Wildman–Crippen MR) is 69.8 cm³/mol. The van der Waals surface area contributed by atoms with Crippen molar-refractivity contribution in [3.05, 3.63) is 17.5 Å². The first-order valence-corrected chi connectivity index (χ1v) is 6.34. The van der Waals surface area contributed by atoms with E-state index in [1.807, 2.05) is 6.20 Å². The average molecular weight is 236 g/mol. The van der Waals surface area contributed by atoms with Gasteiger partial charge < -0.3 is 10.6 Å². The second-order valence-electron chi connectivity index (χ2n) is 6.22. The van der Waals surface area contributed by atoms with Crippen molar-refractivity contribution >= 4 is 0 Å². The van der Waals surface area contributed by atoms with E-state index in [9.17, 15) is 0 Å². The summed E-state index contributed by atoms with van der Waals surface area (Å²) in [6.07, 6.45) is 4.10. The third-order valence-electron chi connectivity index (χ3n) is 3.56. The Bertz CT molecular complexity index is 392. The largest absolute Gasteiger partial charge is 0.324 e. The molecule has 0 saturated heterocycles. The van der Waals surface area contributed by atoms with Gasteiger partial charge >= 0.3 is 0 Å². The molecule has 0 aromatic carbocycles. The fourth-order valence-corrected chi connectivity index (χ4v) is 2.65. The summed E-state index contributed by atoms with van der Waals surface area (Å²) < 4.78 is 2.14. The summed E-state index contributed by atoms with van der Waals surface area (Å²) in [5, 5.41) is 4.50. The number of nitrogens with zero attached hydrogens (tertiary/aromatic N) is 3. The van der Waals surface area contributed by atoms with Gasteiger partial charge in [0.2, 0.25) is 0 Å². The molecular weight excluding hydrogens is 212 g/mol. The Balaban J connectivity index is 2.21. The van der Waals surface area contributed by atoms with Crippen LogP contribution in [0.1, 0.15) is 37.6 Å². The number of hydrogen-bond acceptors (Lipinski definition) is 3. The smallest absolute Gasteiger partial charge is 0.0540 e. The molecule has 0 spiro atoms. The maximum Gasteiger partial charge on any atom is 0.0540 e. The van der Waals surface area contributed by atoms with E-state index in [-0.39, 0.29) is 6.04 Å². The van der Waals surface area contributed by atoms with Gasteiger partial charge in [-0.2, -0.15) is 5.10 Å². The lowest BCUT2D eigenvalue weighted by Crippen LogP contribution is -2.31. The van der Waals surface area contributed by atoms with Crippen LogP contribution in [0.4, 0.5) is 0 Å². The molecular formula is C13H24N4. The van der Waals surface area contributed by atoms with Crippen LogP contribution in [0.15, 0.2) is 6.20 Å². The summed E-state index contributed by atoms with van der Waals surface area (Å²) in [6, 6.07) is 0.154. The van der Waals surface area contributed by atoms with E-state index in [1.54, 1.807) is 0 Å². The molecule has 0 aliphatic heterocycles. The maximum atomic E-state index is 6.23. The molecule has 4 heteroatoms. The molecule has 2 N–H and O–H groups in total. The van der Waals surface area contributed by atoms with Gasteiger partial charge in [0.25, 0.3) is 0 Å². The van der Waals surface area contributed by atoms with Gasteiger partial charge in [0.05, 0.1) is 12.7 Å². The minimum atomic E-state index is 0.154. The van der Waals surface area contributed by atoms with Gasteiger partial charge in [0, 0.05) is 23.8 Å². The van der Waals surface area contributed by atoms with E-state index in [1.165, 1.54) is 11.3 Å². The van der Waals surface area contributed by atoms with Gasteiger partial charge in [-0.15, -0.1) is 0 Å². The van der Waals surface area contributed by atoms with Crippen LogP contribution in [0.3, 0.4) is 0 Å². The van der Waals surface area contributed by atoms with Gasteiger partial charge in [0.1, 0.15) is 0 Å². The van der Waals surface area contributed by atoms with E-state index in [0.717, 1.165) is 25.9 Å². The summed E-state index contributed by atoms with van der Waals surface area (Å²) in [7, 11) is 4.18. The summed E-state index contributed by atoms with van der Waals surface area (Å²) in [5.74, 6) is 0. The highest BCUT2D eigenvalue weighted by atomic mass is 15.3. The first-order chi connectivity index (χ1) is 7.89. The predicted octanol–water partition coefficient (Wildman–Crippen LogP) is 1.42. The second-order valence-corrected chi connectivity index (χ2v) is 6.22. The molecule has 96 valence electrons. The first-order valence-electron chi connectivity index (χ1n) is 6.34. The minimum absolute atomic E-state index is 0.154. The molecule has 2 rings (SSSR count). The number of likely N-dealkylation sites (N-methyl/N-ethyl adjacent to an activating group) is 1. The molecule has 1 aromatic rings. The quantitative estimate of drug-likeness (QED) is 0.863. The zero-order valence-corrected chi connectivity index (χ0v) is 11.4. The SMILES string of the molecule is CN(C)CCn1ncc2c1CC(C)(C)CC2N. The van der Waals surface area contributed by atoms with Crippen LogP contribution in [0.25, 0.3) is 0 Å². The van der Waals surface area contributed by atoms with Crippen LogP contribution in [-0.2, 0) is 13.0 Å². The zero-order chi connectivity index (χ0) is 12.6. The normalized spacial score (nSPS) is 22.8. The van der Waals surface area contributed by atoms with Gasteiger partial charge in [-0.25, -0.2) is 0 Å². The van der Waals surface area contributed by atoms with E-state index in [2.05, 4.69) is 42.6 Å². The molecule has 17 heavy (non-hydrogen) atoms. The molecule has 1 atom stereocenters. The number of nitrogens with two attached hydrogens (primary N) is 1. The Morgan fingerprint density at radius 3 is 2.88 bits per heavy atom. The van der Waals surface area contributed by atoms with Gasteiger partial charge in [0.15, 0.2) is 0 Å². The summed E-state index contributed by atoms with van der Waals surface area (Å²) in [4.78, 5) is 2.18. The van der Waals surface area contributed by atoms with Crippen LogP contribution in [0, 0.1) is 5.41 Å². The third kappa shape index (κ3) is 2.69. The molecule has 0 fully saturated rings. The van der Waals surface area contributed by atoms with E-state index < -0.39 is 0 Å². The molecule has 1 aromatic heterocycles. The maximum absolute atomic E-state index is 6.23. The number of hydrogen-bond donors (Lipinski definition) is 1. The Hall–Kier alpha value is -0.870. The van der Waals surface area contributed by atoms with Crippen molar-refractivity contribution in [2.24, 2.45) is 11.1 Å². The Morgan fingerprint density at radius 2 is 2.24 bits per heavy atom. The molecule has 0 bridgehead atoms. The minimum Gasteiger partial charge on any atom is -0.324 e. The van der Waals surface area contributed by atoms with Gasteiger partial charge in [-0.05, 0) is 32.4 Å². The monoisotopic (exact) mass is 236 g/mol. The van der Waals surface area contributed by atoms with Crippen molar-refractivity contribution in [2.45, 2.75) is 39.3 Å². The standard InChI is InChI=1S/C13H24N4/c1-13(2)7-11(14)10-9-15-17(12(10)8-13)6-5-16(3)4/h9,11H,5-8,14H2,1-4H3. The van der Waals surface area contributed by atoms with Crippen LogP contribution < -0.4 is 5.73 Å². The molecule has 0 amide bonds. The number of rotatable bonds is 3. The topological polar surface area (TPSA) is 47.1 Å². The fraction of sp³-hybridized carbons (Fsp3) is 0.769. The molecule has 1 heterocycles. The summed E-state index contributed by atoms with van der Waals surface area (Å²) in [5.41, 5.74) is 9.12. The Kier molecular flexibility index (Phi) is 3.27. The van der Waals surface area contributed by atoms with Crippen molar-refractivity contribution in [3.63, 3.8) is 0 Å². The van der Waals surface area contributed by atoms with E-state index in [4.69, 9.17) is 5.73 Å². The van der Waals surface area contributed by atoms with Crippen LogP contribution in [-0.4, -0.2) is 35.3 Å². The lowest BCUT2D eigenvalue weighted by molar-refractivity contribution is 0.270. The molecule has 0 radical (unpaired) electrons. The molecule has 1 aliphatic carbocycles. The summed E-state index contributed by atoms with van der Waals surface area (Å²) >= 11 is 0. The lowest BCUT2D eigenvalue weighted by atomic mass is 9.75. The highest BCUT2D eigenvalue weighted by Gasteiger charge is 2.32. The van der Waals surface area contributed by atoms with Crippen molar-refractivity contribution in [1.29, 1.82) is 0 Å². The fourth-order valence-electron chi connectivity index (χ4n) is 2.65. The Labute approximate surface area is 104 Å². The highest BCUT2D eigenvalue weighted by molar-refractivity contribution is 5.26. The van der Waals surface area contributed by atoms with Crippen molar-refractivity contribution < 1.29 is 0 Å². The number of fused-ring (bicyclic) bond motifs is 1. The van der Waals surface area contributed by atoms with Crippen LogP contribution in [0.2, 0.25) is 0 Å². The molecule has 1 aliphatic rings. The third-order valence-corrected chi connectivity index (χ3v) is 3.56. The first kappa shape index (κ1) is 12.6. The van der Waals surface area contributed by atoms with Crippen LogP contribution in [0.5, 0.6) is 0 Å². The van der Waals surface area contributed by atoms with Gasteiger partial charge in [-0.3, -0.25) is 4.68 Å². The van der Waals surface area contributed by atoms with E-state index in [0.29, 0.717) is 5.41 Å². The highest BCUT2D eigenvalue weighted by Crippen LogP contribution is 2.39. The summed E-state index contributed by atoms with van der Waals surface area (Å²) in [6.45, 7) is 6.55. The van der Waals surface area contributed by atoms with Crippen LogP contribution >= 0.6 is 0 Å². The number of aromatic nitrogens is 2. The molecule has 1 unspecified atom stereocenters. The lowest BCUT2D eigenvalue weighted by Gasteiger charge is -2.33.